The molecule has 0 saturated heterocycles. The average molecular weight is 190 g/mol. The SMILES string of the molecule is CCOCC.COC(=O)C(C)(C)C. The largest absolute Gasteiger partial charge is 0.469 e. The van der Waals surface area contributed by atoms with Crippen LogP contribution in [0.2, 0.25) is 0 Å². The minimum absolute atomic E-state index is 0.169. The zero-order valence-electron chi connectivity index (χ0n) is 9.64. The van der Waals surface area contributed by atoms with Gasteiger partial charge in [0.25, 0.3) is 0 Å². The van der Waals surface area contributed by atoms with Crippen molar-refractivity contribution < 1.29 is 14.3 Å². The quantitative estimate of drug-likeness (QED) is 0.626. The van der Waals surface area contributed by atoms with Crippen molar-refractivity contribution >= 4 is 5.97 Å². The van der Waals surface area contributed by atoms with Gasteiger partial charge < -0.3 is 9.47 Å². The summed E-state index contributed by atoms with van der Waals surface area (Å²) < 4.78 is 9.31. The Bertz CT molecular complexity index is 123. The van der Waals surface area contributed by atoms with Gasteiger partial charge in [0.05, 0.1) is 12.5 Å². The fourth-order valence-corrected chi connectivity index (χ4v) is 0.510. The van der Waals surface area contributed by atoms with Crippen molar-refractivity contribution in [1.82, 2.24) is 0 Å². The summed E-state index contributed by atoms with van der Waals surface area (Å²) in [5.41, 5.74) is -0.352. The van der Waals surface area contributed by atoms with E-state index < -0.39 is 0 Å². The van der Waals surface area contributed by atoms with Crippen LogP contribution in [0, 0.1) is 5.41 Å². The number of methoxy groups -OCH3 is 1. The van der Waals surface area contributed by atoms with Crippen molar-refractivity contribution in [3.05, 3.63) is 0 Å². The lowest BCUT2D eigenvalue weighted by Gasteiger charge is -2.13. The van der Waals surface area contributed by atoms with Crippen molar-refractivity contribution in [1.29, 1.82) is 0 Å². The molecular weight excluding hydrogens is 168 g/mol. The Balaban J connectivity index is 0. The van der Waals surface area contributed by atoms with Crippen LogP contribution in [0.4, 0.5) is 0 Å². The zero-order chi connectivity index (χ0) is 10.9. The highest BCUT2D eigenvalue weighted by atomic mass is 16.5. The van der Waals surface area contributed by atoms with E-state index in [1.165, 1.54) is 7.11 Å². The van der Waals surface area contributed by atoms with Crippen LogP contribution in [-0.2, 0) is 14.3 Å². The first-order valence-electron chi connectivity index (χ1n) is 4.56. The lowest BCUT2D eigenvalue weighted by Crippen LogP contribution is -2.21. The molecule has 0 spiro atoms. The monoisotopic (exact) mass is 190 g/mol. The van der Waals surface area contributed by atoms with Crippen LogP contribution in [0.15, 0.2) is 0 Å². The number of rotatable bonds is 2. The third-order valence-electron chi connectivity index (χ3n) is 1.21. The van der Waals surface area contributed by atoms with Gasteiger partial charge in [-0.15, -0.1) is 0 Å². The first kappa shape index (κ1) is 14.9. The Labute approximate surface area is 81.4 Å². The van der Waals surface area contributed by atoms with E-state index in [1.807, 2.05) is 34.6 Å². The second-order valence-corrected chi connectivity index (χ2v) is 3.52. The lowest BCUT2D eigenvalue weighted by atomic mass is 9.98. The highest BCUT2D eigenvalue weighted by Gasteiger charge is 2.21. The molecule has 0 aromatic carbocycles. The molecule has 13 heavy (non-hydrogen) atoms. The van der Waals surface area contributed by atoms with E-state index in [0.717, 1.165) is 13.2 Å². The predicted molar refractivity (Wildman–Crippen MR) is 53.6 cm³/mol. The van der Waals surface area contributed by atoms with Crippen molar-refractivity contribution in [3.8, 4) is 0 Å². The van der Waals surface area contributed by atoms with E-state index in [-0.39, 0.29) is 11.4 Å². The van der Waals surface area contributed by atoms with Crippen LogP contribution in [0.1, 0.15) is 34.6 Å². The number of carbonyl (C=O) groups excluding carboxylic acids is 1. The van der Waals surface area contributed by atoms with Crippen LogP contribution in [-0.4, -0.2) is 26.3 Å². The topological polar surface area (TPSA) is 35.5 Å². The van der Waals surface area contributed by atoms with Gasteiger partial charge in [0.2, 0.25) is 0 Å². The van der Waals surface area contributed by atoms with E-state index in [9.17, 15) is 4.79 Å². The summed E-state index contributed by atoms with van der Waals surface area (Å²) in [6.07, 6.45) is 0. The molecule has 0 N–H and O–H groups in total. The minimum atomic E-state index is -0.352. The number of carbonyl (C=O) groups is 1. The second-order valence-electron chi connectivity index (χ2n) is 3.52. The fraction of sp³-hybridized carbons (Fsp3) is 0.900. The molecule has 0 radical (unpaired) electrons. The van der Waals surface area contributed by atoms with Gasteiger partial charge in [-0.1, -0.05) is 0 Å². The number of hydrogen-bond acceptors (Lipinski definition) is 3. The van der Waals surface area contributed by atoms with E-state index in [2.05, 4.69) is 4.74 Å². The molecule has 3 heteroatoms. The third-order valence-corrected chi connectivity index (χ3v) is 1.21. The maximum atomic E-state index is 10.6. The maximum Gasteiger partial charge on any atom is 0.310 e. The average Bonchev–Trinajstić information content (AvgIpc) is 2.04. The van der Waals surface area contributed by atoms with Gasteiger partial charge in [0, 0.05) is 13.2 Å². The Morgan fingerprint density at radius 2 is 1.54 bits per heavy atom. The Hall–Kier alpha value is -0.570. The van der Waals surface area contributed by atoms with E-state index in [1.54, 1.807) is 0 Å². The molecule has 3 nitrogen and oxygen atoms in total. The normalized spacial score (nSPS) is 10.0. The summed E-state index contributed by atoms with van der Waals surface area (Å²) in [5.74, 6) is -0.169. The molecule has 0 aliphatic carbocycles. The van der Waals surface area contributed by atoms with Gasteiger partial charge in [-0.2, -0.15) is 0 Å². The summed E-state index contributed by atoms with van der Waals surface area (Å²) in [5, 5.41) is 0. The lowest BCUT2D eigenvalue weighted by molar-refractivity contribution is -0.149. The Kier molecular flexibility index (Phi) is 9.24. The molecule has 0 saturated carbocycles. The highest BCUT2D eigenvalue weighted by molar-refractivity contribution is 5.75. The minimum Gasteiger partial charge on any atom is -0.469 e. The first-order chi connectivity index (χ1) is 5.90. The van der Waals surface area contributed by atoms with Gasteiger partial charge in [-0.25, -0.2) is 0 Å². The van der Waals surface area contributed by atoms with Crippen molar-refractivity contribution in [2.24, 2.45) is 5.41 Å². The summed E-state index contributed by atoms with van der Waals surface area (Å²) >= 11 is 0. The van der Waals surface area contributed by atoms with Gasteiger partial charge >= 0.3 is 5.97 Å². The smallest absolute Gasteiger partial charge is 0.310 e. The highest BCUT2D eigenvalue weighted by Crippen LogP contribution is 2.13. The summed E-state index contributed by atoms with van der Waals surface area (Å²) in [6, 6.07) is 0. The fourth-order valence-electron chi connectivity index (χ4n) is 0.510. The van der Waals surface area contributed by atoms with Crippen molar-refractivity contribution in [2.75, 3.05) is 20.3 Å². The summed E-state index contributed by atoms with van der Waals surface area (Å²) in [6.45, 7) is 11.1. The molecule has 0 fully saturated rings. The second kappa shape index (κ2) is 8.05. The number of esters is 1. The zero-order valence-corrected chi connectivity index (χ0v) is 9.64. The standard InChI is InChI=1S/C6H12O2.C4H10O/c1-6(2,3)5(7)8-4;1-3-5-4-2/h1-4H3;3-4H2,1-2H3. The van der Waals surface area contributed by atoms with Gasteiger partial charge in [-0.3, -0.25) is 4.79 Å². The van der Waals surface area contributed by atoms with E-state index in [4.69, 9.17) is 4.74 Å². The van der Waals surface area contributed by atoms with Crippen LogP contribution >= 0.6 is 0 Å². The van der Waals surface area contributed by atoms with Crippen LogP contribution in [0.3, 0.4) is 0 Å². The van der Waals surface area contributed by atoms with E-state index in [0.29, 0.717) is 0 Å². The van der Waals surface area contributed by atoms with Crippen molar-refractivity contribution in [2.45, 2.75) is 34.6 Å². The number of hydrogen-bond donors (Lipinski definition) is 0. The molecule has 0 rings (SSSR count). The van der Waals surface area contributed by atoms with Gasteiger partial charge in [0.1, 0.15) is 0 Å². The molecule has 0 atom stereocenters. The first-order valence-corrected chi connectivity index (χ1v) is 4.56. The molecule has 0 heterocycles. The van der Waals surface area contributed by atoms with E-state index >= 15 is 0 Å². The molecule has 0 amide bonds. The summed E-state index contributed by atoms with van der Waals surface area (Å²) in [7, 11) is 1.40. The molecule has 0 aliphatic heterocycles. The molecule has 0 aromatic rings. The van der Waals surface area contributed by atoms with Crippen LogP contribution < -0.4 is 0 Å². The Morgan fingerprint density at radius 3 is 1.54 bits per heavy atom. The number of ether oxygens (including phenoxy) is 2. The van der Waals surface area contributed by atoms with Gasteiger partial charge in [-0.05, 0) is 34.6 Å². The molecule has 0 aliphatic rings. The van der Waals surface area contributed by atoms with Crippen molar-refractivity contribution in [3.63, 3.8) is 0 Å². The molecule has 0 bridgehead atoms. The predicted octanol–water partition coefficient (Wildman–Crippen LogP) is 2.25. The Morgan fingerprint density at radius 1 is 1.15 bits per heavy atom. The van der Waals surface area contributed by atoms with Gasteiger partial charge in [0.15, 0.2) is 0 Å². The maximum absolute atomic E-state index is 10.6. The van der Waals surface area contributed by atoms with Crippen LogP contribution in [0.25, 0.3) is 0 Å². The third kappa shape index (κ3) is 11.4. The summed E-state index contributed by atoms with van der Waals surface area (Å²) in [4.78, 5) is 10.6. The molecule has 80 valence electrons. The molecular formula is C10H22O3. The van der Waals surface area contributed by atoms with Crippen LogP contribution in [0.5, 0.6) is 0 Å². The molecule has 0 aromatic heterocycles. The molecule has 0 unspecified atom stereocenters.